The zero-order valence-electron chi connectivity index (χ0n) is 12.1. The van der Waals surface area contributed by atoms with Crippen molar-refractivity contribution in [1.29, 1.82) is 0 Å². The highest BCUT2D eigenvalue weighted by molar-refractivity contribution is 5.59. The van der Waals surface area contributed by atoms with Crippen LogP contribution in [-0.2, 0) is 6.42 Å². The second kappa shape index (κ2) is 6.19. The van der Waals surface area contributed by atoms with E-state index in [1.807, 2.05) is 7.05 Å². The summed E-state index contributed by atoms with van der Waals surface area (Å²) in [7, 11) is 1.89. The van der Waals surface area contributed by atoms with Gasteiger partial charge in [0.25, 0.3) is 0 Å². The molecule has 0 radical (unpaired) electrons. The lowest BCUT2D eigenvalue weighted by molar-refractivity contribution is 0.244. The van der Waals surface area contributed by atoms with Gasteiger partial charge in [-0.2, -0.15) is 0 Å². The van der Waals surface area contributed by atoms with Gasteiger partial charge >= 0.3 is 0 Å². The Labute approximate surface area is 115 Å². The smallest absolute Gasteiger partial charge is 0.137 e. The summed E-state index contributed by atoms with van der Waals surface area (Å²) in [6.07, 6.45) is 4.73. The summed E-state index contributed by atoms with van der Waals surface area (Å²) in [6, 6.07) is 0.176. The Morgan fingerprint density at radius 2 is 2.26 bits per heavy atom. The number of anilines is 2. The summed E-state index contributed by atoms with van der Waals surface area (Å²) in [5.74, 6) is 2.40. The first-order chi connectivity index (χ1) is 9.22. The van der Waals surface area contributed by atoms with Crippen molar-refractivity contribution in [3.8, 4) is 0 Å². The first-order valence-electron chi connectivity index (χ1n) is 7.12. The van der Waals surface area contributed by atoms with Crippen LogP contribution >= 0.6 is 0 Å². The predicted octanol–water partition coefficient (Wildman–Crippen LogP) is 1.68. The average Bonchev–Trinajstić information content (AvgIpc) is 2.80. The van der Waals surface area contributed by atoms with Crippen LogP contribution in [0.3, 0.4) is 0 Å². The third-order valence-electron chi connectivity index (χ3n) is 4.00. The van der Waals surface area contributed by atoms with Gasteiger partial charge in [-0.1, -0.05) is 20.3 Å². The molecule has 2 N–H and O–H groups in total. The van der Waals surface area contributed by atoms with Gasteiger partial charge in [-0.25, -0.2) is 9.97 Å². The molecule has 19 heavy (non-hydrogen) atoms. The monoisotopic (exact) mass is 264 g/mol. The quantitative estimate of drug-likeness (QED) is 0.847. The van der Waals surface area contributed by atoms with Gasteiger partial charge in [-0.05, 0) is 18.8 Å². The van der Waals surface area contributed by atoms with Gasteiger partial charge in [0, 0.05) is 19.2 Å². The molecule has 1 aromatic heterocycles. The van der Waals surface area contributed by atoms with E-state index in [1.165, 1.54) is 5.56 Å². The largest absolute Gasteiger partial charge is 0.394 e. The van der Waals surface area contributed by atoms with Crippen LogP contribution < -0.4 is 10.2 Å². The molecule has 2 atom stereocenters. The number of hydrogen-bond acceptors (Lipinski definition) is 5. The molecule has 0 spiro atoms. The van der Waals surface area contributed by atoms with Crippen molar-refractivity contribution in [2.24, 2.45) is 5.92 Å². The second-order valence-corrected chi connectivity index (χ2v) is 5.23. The molecular weight excluding hydrogens is 240 g/mol. The zero-order valence-corrected chi connectivity index (χ0v) is 12.1. The van der Waals surface area contributed by atoms with Crippen LogP contribution in [0.25, 0.3) is 0 Å². The minimum absolute atomic E-state index is 0.176. The van der Waals surface area contributed by atoms with Gasteiger partial charge < -0.3 is 15.3 Å². The fourth-order valence-electron chi connectivity index (χ4n) is 2.90. The number of nitrogens with one attached hydrogen (secondary N) is 1. The van der Waals surface area contributed by atoms with E-state index >= 15 is 0 Å². The Morgan fingerprint density at radius 3 is 2.89 bits per heavy atom. The van der Waals surface area contributed by atoms with Crippen LogP contribution in [0, 0.1) is 5.92 Å². The third-order valence-corrected chi connectivity index (χ3v) is 4.00. The van der Waals surface area contributed by atoms with E-state index < -0.39 is 0 Å². The summed E-state index contributed by atoms with van der Waals surface area (Å²) in [4.78, 5) is 11.0. The molecule has 1 aromatic rings. The molecule has 1 saturated heterocycles. The number of rotatable bonds is 5. The SMILES string of the molecule is CCCc1c(NC)ncnc1N1CCC(C)C1CO. The minimum Gasteiger partial charge on any atom is -0.394 e. The fourth-order valence-corrected chi connectivity index (χ4v) is 2.90. The zero-order chi connectivity index (χ0) is 13.8. The first kappa shape index (κ1) is 14.1. The minimum atomic E-state index is 0.176. The van der Waals surface area contributed by atoms with Crippen molar-refractivity contribution in [2.45, 2.75) is 39.2 Å². The van der Waals surface area contributed by atoms with Crippen LogP contribution in [-0.4, -0.2) is 41.3 Å². The van der Waals surface area contributed by atoms with E-state index in [1.54, 1.807) is 6.33 Å². The average molecular weight is 264 g/mol. The van der Waals surface area contributed by atoms with Crippen molar-refractivity contribution in [1.82, 2.24) is 9.97 Å². The number of nitrogens with zero attached hydrogens (tertiary/aromatic N) is 3. The highest BCUT2D eigenvalue weighted by Gasteiger charge is 2.33. The molecular formula is C14H24N4O. The van der Waals surface area contributed by atoms with E-state index in [4.69, 9.17) is 0 Å². The number of hydrogen-bond donors (Lipinski definition) is 2. The van der Waals surface area contributed by atoms with E-state index in [2.05, 4.69) is 34.0 Å². The Bertz CT molecular complexity index is 424. The molecule has 1 aliphatic rings. The normalized spacial score (nSPS) is 22.8. The van der Waals surface area contributed by atoms with Crippen LogP contribution in [0.1, 0.15) is 32.3 Å². The van der Waals surface area contributed by atoms with Crippen LogP contribution in [0.4, 0.5) is 11.6 Å². The van der Waals surface area contributed by atoms with Crippen molar-refractivity contribution in [3.05, 3.63) is 11.9 Å². The van der Waals surface area contributed by atoms with Gasteiger partial charge in [0.1, 0.15) is 18.0 Å². The maximum Gasteiger partial charge on any atom is 0.137 e. The molecule has 0 bridgehead atoms. The molecule has 2 rings (SSSR count). The van der Waals surface area contributed by atoms with E-state index in [0.717, 1.165) is 37.4 Å². The molecule has 2 heterocycles. The maximum absolute atomic E-state index is 9.61. The maximum atomic E-state index is 9.61. The number of aromatic nitrogens is 2. The summed E-state index contributed by atoms with van der Waals surface area (Å²) < 4.78 is 0. The Kier molecular flexibility index (Phi) is 4.58. The molecule has 1 aliphatic heterocycles. The third kappa shape index (κ3) is 2.66. The van der Waals surface area contributed by atoms with Crippen LogP contribution in [0.2, 0.25) is 0 Å². The highest BCUT2D eigenvalue weighted by atomic mass is 16.3. The van der Waals surface area contributed by atoms with Gasteiger partial charge in [0.15, 0.2) is 0 Å². The molecule has 2 unspecified atom stereocenters. The van der Waals surface area contributed by atoms with Gasteiger partial charge in [0.05, 0.1) is 12.6 Å². The van der Waals surface area contributed by atoms with E-state index in [9.17, 15) is 5.11 Å². The molecule has 5 nitrogen and oxygen atoms in total. The highest BCUT2D eigenvalue weighted by Crippen LogP contribution is 2.32. The number of aliphatic hydroxyl groups is 1. The Hall–Kier alpha value is -1.36. The van der Waals surface area contributed by atoms with Gasteiger partial charge in [0.2, 0.25) is 0 Å². The van der Waals surface area contributed by atoms with Crippen LogP contribution in [0.15, 0.2) is 6.33 Å². The van der Waals surface area contributed by atoms with Crippen molar-refractivity contribution >= 4 is 11.6 Å². The lowest BCUT2D eigenvalue weighted by atomic mass is 10.0. The van der Waals surface area contributed by atoms with Crippen molar-refractivity contribution in [3.63, 3.8) is 0 Å². The molecule has 0 saturated carbocycles. The summed E-state index contributed by atoms with van der Waals surface area (Å²) in [5.41, 5.74) is 1.17. The lowest BCUT2D eigenvalue weighted by Crippen LogP contribution is -2.36. The van der Waals surface area contributed by atoms with Gasteiger partial charge in [-0.3, -0.25) is 0 Å². The van der Waals surface area contributed by atoms with Gasteiger partial charge in [-0.15, -0.1) is 0 Å². The van der Waals surface area contributed by atoms with Crippen molar-refractivity contribution < 1.29 is 5.11 Å². The Balaban J connectivity index is 2.38. The van der Waals surface area contributed by atoms with Crippen LogP contribution in [0.5, 0.6) is 0 Å². The fraction of sp³-hybridized carbons (Fsp3) is 0.714. The lowest BCUT2D eigenvalue weighted by Gasteiger charge is -2.28. The molecule has 0 amide bonds. The summed E-state index contributed by atoms with van der Waals surface area (Å²) in [5, 5.41) is 12.8. The standard InChI is InChI=1S/C14H24N4O/c1-4-5-11-13(15-3)16-9-17-14(11)18-7-6-10(2)12(18)8-19/h9-10,12,19H,4-8H2,1-3H3,(H,15,16,17). The molecule has 1 fully saturated rings. The van der Waals surface area contributed by atoms with E-state index in [0.29, 0.717) is 5.92 Å². The summed E-state index contributed by atoms with van der Waals surface area (Å²) in [6.45, 7) is 5.50. The summed E-state index contributed by atoms with van der Waals surface area (Å²) >= 11 is 0. The molecule has 106 valence electrons. The van der Waals surface area contributed by atoms with Crippen molar-refractivity contribution in [2.75, 3.05) is 30.4 Å². The molecule has 5 heteroatoms. The topological polar surface area (TPSA) is 61.3 Å². The molecule has 0 aromatic carbocycles. The number of aliphatic hydroxyl groups excluding tert-OH is 1. The first-order valence-corrected chi connectivity index (χ1v) is 7.12. The second-order valence-electron chi connectivity index (χ2n) is 5.23. The van der Waals surface area contributed by atoms with E-state index in [-0.39, 0.29) is 12.6 Å². The predicted molar refractivity (Wildman–Crippen MR) is 77.6 cm³/mol. The molecule has 0 aliphatic carbocycles. The Morgan fingerprint density at radius 1 is 1.47 bits per heavy atom.